The van der Waals surface area contributed by atoms with Gasteiger partial charge in [0.05, 0.1) is 19.8 Å². The molecule has 4 heteroatoms. The third-order valence-corrected chi connectivity index (χ3v) is 2.14. The minimum Gasteiger partial charge on any atom is -0.496 e. The first kappa shape index (κ1) is 12.2. The van der Waals surface area contributed by atoms with Crippen LogP contribution < -0.4 is 0 Å². The lowest BCUT2D eigenvalue weighted by Crippen LogP contribution is -2.05. The summed E-state index contributed by atoms with van der Waals surface area (Å²) in [6.07, 6.45) is 0. The molecule has 0 saturated carbocycles. The number of esters is 1. The number of ether oxygens (including phenoxy) is 2. The third kappa shape index (κ3) is 2.59. The number of hydrogen-bond donors (Lipinski definition) is 0. The van der Waals surface area contributed by atoms with Crippen molar-refractivity contribution in [1.82, 2.24) is 0 Å². The third-order valence-electron chi connectivity index (χ3n) is 2.14. The second kappa shape index (κ2) is 5.30. The maximum absolute atomic E-state index is 12.7. The second-order valence-electron chi connectivity index (χ2n) is 3.16. The highest BCUT2D eigenvalue weighted by molar-refractivity contribution is 5.95. The van der Waals surface area contributed by atoms with Gasteiger partial charge in [0, 0.05) is 5.56 Å². The maximum atomic E-state index is 12.7. The van der Waals surface area contributed by atoms with Crippen LogP contribution in [0, 0.1) is 5.82 Å². The van der Waals surface area contributed by atoms with Gasteiger partial charge in [-0.1, -0.05) is 0 Å². The van der Waals surface area contributed by atoms with E-state index in [2.05, 4.69) is 4.74 Å². The number of benzene rings is 1. The average Bonchev–Trinajstić information content (AvgIpc) is 2.31. The summed E-state index contributed by atoms with van der Waals surface area (Å²) >= 11 is 0. The van der Waals surface area contributed by atoms with Gasteiger partial charge in [-0.2, -0.15) is 0 Å². The summed E-state index contributed by atoms with van der Waals surface area (Å²) in [7, 11) is 2.74. The number of halogens is 1. The van der Waals surface area contributed by atoms with Gasteiger partial charge in [-0.15, -0.1) is 0 Å². The van der Waals surface area contributed by atoms with Crippen LogP contribution in [0.5, 0.6) is 0 Å². The predicted octanol–water partition coefficient (Wildman–Crippen LogP) is 2.38. The van der Waals surface area contributed by atoms with Crippen LogP contribution in [-0.2, 0) is 14.3 Å². The van der Waals surface area contributed by atoms with Gasteiger partial charge in [-0.3, -0.25) is 0 Å². The minimum atomic E-state index is -0.471. The number of carbonyl (C=O) groups is 1. The molecular weight excluding hydrogens is 211 g/mol. The van der Waals surface area contributed by atoms with E-state index < -0.39 is 5.97 Å². The van der Waals surface area contributed by atoms with Gasteiger partial charge in [0.15, 0.2) is 0 Å². The molecule has 3 nitrogen and oxygen atoms in total. The first-order chi connectivity index (χ1) is 7.60. The highest BCUT2D eigenvalue weighted by Gasteiger charge is 2.13. The molecule has 0 amide bonds. The van der Waals surface area contributed by atoms with Crippen molar-refractivity contribution < 1.29 is 18.7 Å². The highest BCUT2D eigenvalue weighted by atomic mass is 19.1. The molecule has 0 radical (unpaired) electrons. The summed E-state index contributed by atoms with van der Waals surface area (Å²) in [5.41, 5.74) is 0.975. The number of hydrogen-bond acceptors (Lipinski definition) is 3. The summed E-state index contributed by atoms with van der Waals surface area (Å²) in [6.45, 7) is 1.59. The van der Waals surface area contributed by atoms with Crippen molar-refractivity contribution in [2.75, 3.05) is 14.2 Å². The van der Waals surface area contributed by atoms with E-state index in [0.717, 1.165) is 0 Å². The van der Waals surface area contributed by atoms with E-state index in [1.165, 1.54) is 26.4 Å². The Balaban J connectivity index is 3.16. The molecule has 0 N–H and O–H groups in total. The smallest absolute Gasteiger partial charge is 0.337 e. The Labute approximate surface area is 93.5 Å². The molecule has 0 heterocycles. The summed E-state index contributed by atoms with van der Waals surface area (Å²) < 4.78 is 22.4. The van der Waals surface area contributed by atoms with Crippen molar-refractivity contribution in [1.29, 1.82) is 0 Å². The van der Waals surface area contributed by atoms with Gasteiger partial charge in [-0.25, -0.2) is 9.18 Å². The molecule has 86 valence electrons. The molecule has 0 bridgehead atoms. The van der Waals surface area contributed by atoms with E-state index in [1.807, 2.05) is 0 Å². The predicted molar refractivity (Wildman–Crippen MR) is 58.0 cm³/mol. The normalized spacial score (nSPS) is 11.8. The number of methoxy groups -OCH3 is 2. The molecule has 0 aromatic heterocycles. The van der Waals surface area contributed by atoms with E-state index in [4.69, 9.17) is 4.74 Å². The molecule has 1 aromatic carbocycles. The van der Waals surface area contributed by atoms with Gasteiger partial charge >= 0.3 is 5.97 Å². The monoisotopic (exact) mass is 224 g/mol. The molecule has 0 aliphatic rings. The fourth-order valence-electron chi connectivity index (χ4n) is 1.33. The summed E-state index contributed by atoms with van der Waals surface area (Å²) in [6, 6.07) is 5.69. The first-order valence-corrected chi connectivity index (χ1v) is 4.69. The molecule has 0 saturated heterocycles. The lowest BCUT2D eigenvalue weighted by atomic mass is 10.1. The molecule has 0 aliphatic carbocycles. The minimum absolute atomic E-state index is 0.338. The molecule has 0 fully saturated rings. The largest absolute Gasteiger partial charge is 0.496 e. The van der Waals surface area contributed by atoms with Crippen LogP contribution in [0.15, 0.2) is 29.8 Å². The molecule has 0 spiro atoms. The van der Waals surface area contributed by atoms with Crippen molar-refractivity contribution in [2.24, 2.45) is 0 Å². The van der Waals surface area contributed by atoms with Crippen LogP contribution in [0.25, 0.3) is 5.76 Å². The van der Waals surface area contributed by atoms with Crippen LogP contribution in [0.2, 0.25) is 0 Å². The number of carbonyl (C=O) groups excluding carboxylic acids is 1. The van der Waals surface area contributed by atoms with Crippen molar-refractivity contribution in [3.8, 4) is 0 Å². The summed E-state index contributed by atoms with van der Waals surface area (Å²) in [5, 5.41) is 0. The van der Waals surface area contributed by atoms with E-state index >= 15 is 0 Å². The first-order valence-electron chi connectivity index (χ1n) is 4.69. The van der Waals surface area contributed by atoms with Crippen molar-refractivity contribution >= 4 is 11.7 Å². The Hall–Kier alpha value is -1.84. The Morgan fingerprint density at radius 3 is 2.12 bits per heavy atom. The van der Waals surface area contributed by atoms with Crippen LogP contribution in [0.3, 0.4) is 0 Å². The zero-order valence-electron chi connectivity index (χ0n) is 9.41. The van der Waals surface area contributed by atoms with E-state index in [1.54, 1.807) is 19.1 Å². The standard InChI is InChI=1S/C12H13FO3/c1-8(12(14)16-3)11(15-2)9-4-6-10(13)7-5-9/h4-7H,1-3H3. The highest BCUT2D eigenvalue weighted by Crippen LogP contribution is 2.20. The fourth-order valence-corrected chi connectivity index (χ4v) is 1.33. The number of rotatable bonds is 3. The Morgan fingerprint density at radius 1 is 1.12 bits per heavy atom. The van der Waals surface area contributed by atoms with E-state index in [0.29, 0.717) is 16.9 Å². The fraction of sp³-hybridized carbons (Fsp3) is 0.250. The molecular formula is C12H13FO3. The van der Waals surface area contributed by atoms with Gasteiger partial charge in [0.1, 0.15) is 11.6 Å². The Morgan fingerprint density at radius 2 is 1.69 bits per heavy atom. The lowest BCUT2D eigenvalue weighted by molar-refractivity contribution is -0.136. The summed E-state index contributed by atoms with van der Waals surface area (Å²) in [4.78, 5) is 11.3. The Kier molecular flexibility index (Phi) is 4.05. The van der Waals surface area contributed by atoms with Crippen molar-refractivity contribution in [3.05, 3.63) is 41.2 Å². The molecule has 1 aromatic rings. The Bertz CT molecular complexity index is 407. The van der Waals surface area contributed by atoms with Crippen LogP contribution >= 0.6 is 0 Å². The second-order valence-corrected chi connectivity index (χ2v) is 3.16. The maximum Gasteiger partial charge on any atom is 0.337 e. The van der Waals surface area contributed by atoms with Crippen molar-refractivity contribution in [3.63, 3.8) is 0 Å². The van der Waals surface area contributed by atoms with Gasteiger partial charge in [-0.05, 0) is 31.2 Å². The van der Waals surface area contributed by atoms with Crippen LogP contribution in [0.1, 0.15) is 12.5 Å². The SMILES string of the molecule is COC(=O)C(C)=C(OC)c1ccc(F)cc1. The van der Waals surface area contributed by atoms with Gasteiger partial charge < -0.3 is 9.47 Å². The van der Waals surface area contributed by atoms with Crippen LogP contribution in [-0.4, -0.2) is 20.2 Å². The molecule has 0 aliphatic heterocycles. The zero-order valence-corrected chi connectivity index (χ0v) is 9.41. The zero-order chi connectivity index (χ0) is 12.1. The summed E-state index contributed by atoms with van der Waals surface area (Å²) in [5.74, 6) is -0.428. The quantitative estimate of drug-likeness (QED) is 0.449. The average molecular weight is 224 g/mol. The van der Waals surface area contributed by atoms with Gasteiger partial charge in [0.2, 0.25) is 0 Å². The van der Waals surface area contributed by atoms with Crippen LogP contribution in [0.4, 0.5) is 4.39 Å². The topological polar surface area (TPSA) is 35.5 Å². The molecule has 16 heavy (non-hydrogen) atoms. The molecule has 1 rings (SSSR count). The molecule has 0 unspecified atom stereocenters. The lowest BCUT2D eigenvalue weighted by Gasteiger charge is -2.09. The van der Waals surface area contributed by atoms with Gasteiger partial charge in [0.25, 0.3) is 0 Å². The molecule has 0 atom stereocenters. The van der Waals surface area contributed by atoms with Crippen molar-refractivity contribution in [2.45, 2.75) is 6.92 Å². The van der Waals surface area contributed by atoms with E-state index in [9.17, 15) is 9.18 Å². The van der Waals surface area contributed by atoms with E-state index in [-0.39, 0.29) is 5.82 Å².